The number of unbranched alkanes of at least 4 members (excludes halogenated alkanes) is 1. The quantitative estimate of drug-likeness (QED) is 0.555. The van der Waals surface area contributed by atoms with Gasteiger partial charge in [0.15, 0.2) is 0 Å². The van der Waals surface area contributed by atoms with Gasteiger partial charge in [0.2, 0.25) is 0 Å². The minimum atomic E-state index is 0.372. The van der Waals surface area contributed by atoms with Crippen molar-refractivity contribution < 1.29 is 4.74 Å². The summed E-state index contributed by atoms with van der Waals surface area (Å²) in [5, 5.41) is 1.27. The van der Waals surface area contributed by atoms with Crippen LogP contribution in [0.3, 0.4) is 0 Å². The third kappa shape index (κ3) is 5.53. The molecule has 1 unspecified atom stereocenters. The lowest BCUT2D eigenvalue weighted by molar-refractivity contribution is 0.238. The number of aliphatic imine (C=N–C) groups is 1. The fraction of sp³-hybridized carbons (Fsp3) is 0.458. The number of piperazine rings is 1. The number of nitrogens with zero attached hydrogens (tertiary/aromatic N) is 3. The van der Waals surface area contributed by atoms with Gasteiger partial charge < -0.3 is 15.4 Å². The monoisotopic (exact) mass is 460 g/mol. The Kier molecular flexibility index (Phi) is 7.72. The van der Waals surface area contributed by atoms with Crippen molar-refractivity contribution in [2.75, 3.05) is 50.8 Å². The molecule has 0 saturated carbocycles. The molecular formula is C24H30Cl2N4O. The van der Waals surface area contributed by atoms with Gasteiger partial charge in [-0.3, -0.25) is 9.89 Å². The normalized spacial score (nSPS) is 18.8. The first-order chi connectivity index (χ1) is 15.2. The van der Waals surface area contributed by atoms with E-state index in [1.807, 2.05) is 36.5 Å². The number of halogens is 2. The SMILES string of the molecule is NCC1CC=Nc2cc(OCCCCN3CCN(c4cccc(Cl)c4Cl)CC3)ccc21. The molecule has 166 valence electrons. The first-order valence-corrected chi connectivity index (χ1v) is 11.8. The van der Waals surface area contributed by atoms with Gasteiger partial charge in [-0.25, -0.2) is 0 Å². The molecule has 0 spiro atoms. The third-order valence-electron chi connectivity index (χ3n) is 6.13. The zero-order valence-electron chi connectivity index (χ0n) is 17.8. The largest absolute Gasteiger partial charge is 0.494 e. The molecule has 0 aliphatic carbocycles. The molecule has 0 amide bonds. The van der Waals surface area contributed by atoms with Crippen LogP contribution < -0.4 is 15.4 Å². The second-order valence-corrected chi connectivity index (χ2v) is 8.94. The van der Waals surface area contributed by atoms with Crippen LogP contribution in [0.2, 0.25) is 10.0 Å². The second-order valence-electron chi connectivity index (χ2n) is 8.16. The summed E-state index contributed by atoms with van der Waals surface area (Å²) in [6.45, 7) is 6.48. The van der Waals surface area contributed by atoms with Gasteiger partial charge in [0.05, 0.1) is 28.0 Å². The Morgan fingerprint density at radius 3 is 2.71 bits per heavy atom. The maximum absolute atomic E-state index is 6.37. The van der Waals surface area contributed by atoms with E-state index in [4.69, 9.17) is 33.7 Å². The molecular weight excluding hydrogens is 431 g/mol. The molecule has 7 heteroatoms. The molecule has 2 N–H and O–H groups in total. The predicted molar refractivity (Wildman–Crippen MR) is 131 cm³/mol. The number of ether oxygens (including phenoxy) is 1. The summed E-state index contributed by atoms with van der Waals surface area (Å²) < 4.78 is 5.97. The Labute approximate surface area is 194 Å². The van der Waals surface area contributed by atoms with Crippen LogP contribution in [0.25, 0.3) is 0 Å². The summed E-state index contributed by atoms with van der Waals surface area (Å²) in [5.41, 5.74) is 9.14. The van der Waals surface area contributed by atoms with Crippen LogP contribution in [-0.2, 0) is 0 Å². The molecule has 1 atom stereocenters. The van der Waals surface area contributed by atoms with Crippen molar-refractivity contribution in [2.24, 2.45) is 10.7 Å². The van der Waals surface area contributed by atoms with E-state index < -0.39 is 0 Å². The van der Waals surface area contributed by atoms with Crippen LogP contribution in [0.5, 0.6) is 5.75 Å². The van der Waals surface area contributed by atoms with E-state index in [1.54, 1.807) is 0 Å². The van der Waals surface area contributed by atoms with Crippen molar-refractivity contribution in [3.63, 3.8) is 0 Å². The van der Waals surface area contributed by atoms with Crippen molar-refractivity contribution in [3.8, 4) is 5.75 Å². The first-order valence-electron chi connectivity index (χ1n) is 11.1. The van der Waals surface area contributed by atoms with E-state index in [1.165, 1.54) is 5.56 Å². The van der Waals surface area contributed by atoms with Crippen molar-refractivity contribution in [3.05, 3.63) is 52.0 Å². The third-order valence-corrected chi connectivity index (χ3v) is 6.94. The lowest BCUT2D eigenvalue weighted by Crippen LogP contribution is -2.46. The standard InChI is InChI=1S/C24H30Cl2N4O/c25-21-4-3-5-23(24(21)26)30-13-11-29(12-14-30)10-1-2-15-31-19-6-7-20-18(17-27)8-9-28-22(20)16-19/h3-7,9,16,18H,1-2,8,10-15,17,27H2. The summed E-state index contributed by atoms with van der Waals surface area (Å²) in [7, 11) is 0. The van der Waals surface area contributed by atoms with E-state index in [9.17, 15) is 0 Å². The number of nitrogens with two attached hydrogens (primary N) is 1. The zero-order valence-corrected chi connectivity index (χ0v) is 19.3. The van der Waals surface area contributed by atoms with E-state index in [2.05, 4.69) is 20.9 Å². The lowest BCUT2D eigenvalue weighted by atomic mass is 9.93. The van der Waals surface area contributed by atoms with Crippen molar-refractivity contribution in [1.29, 1.82) is 0 Å². The number of hydrogen-bond donors (Lipinski definition) is 1. The number of hydrogen-bond acceptors (Lipinski definition) is 5. The molecule has 0 bridgehead atoms. The first kappa shape index (κ1) is 22.4. The van der Waals surface area contributed by atoms with Gasteiger partial charge in [-0.05, 0) is 56.1 Å². The number of fused-ring (bicyclic) bond motifs is 1. The highest BCUT2D eigenvalue weighted by atomic mass is 35.5. The van der Waals surface area contributed by atoms with E-state index in [-0.39, 0.29) is 0 Å². The Hall–Kier alpha value is -1.79. The van der Waals surface area contributed by atoms with E-state index in [0.717, 1.165) is 75.7 Å². The highest BCUT2D eigenvalue weighted by Gasteiger charge is 2.20. The molecule has 2 heterocycles. The van der Waals surface area contributed by atoms with Crippen LogP contribution >= 0.6 is 23.2 Å². The number of rotatable bonds is 8. The molecule has 2 aliphatic heterocycles. The average Bonchev–Trinajstić information content (AvgIpc) is 2.80. The predicted octanol–water partition coefficient (Wildman–Crippen LogP) is 5.12. The van der Waals surface area contributed by atoms with Crippen molar-refractivity contribution in [1.82, 2.24) is 4.90 Å². The van der Waals surface area contributed by atoms with Gasteiger partial charge >= 0.3 is 0 Å². The molecule has 1 fully saturated rings. The Morgan fingerprint density at radius 1 is 1.06 bits per heavy atom. The summed E-state index contributed by atoms with van der Waals surface area (Å²) in [6, 6.07) is 12.0. The van der Waals surface area contributed by atoms with E-state index >= 15 is 0 Å². The van der Waals surface area contributed by atoms with Gasteiger partial charge in [-0.1, -0.05) is 35.3 Å². The minimum Gasteiger partial charge on any atom is -0.494 e. The van der Waals surface area contributed by atoms with Gasteiger partial charge in [0.1, 0.15) is 5.75 Å². The van der Waals surface area contributed by atoms with Gasteiger partial charge in [-0.2, -0.15) is 0 Å². The zero-order chi connectivity index (χ0) is 21.6. The summed E-state index contributed by atoms with van der Waals surface area (Å²) in [4.78, 5) is 9.34. The van der Waals surface area contributed by atoms with Crippen LogP contribution in [-0.4, -0.2) is 57.0 Å². The molecule has 4 rings (SSSR count). The van der Waals surface area contributed by atoms with Crippen molar-refractivity contribution in [2.45, 2.75) is 25.2 Å². The van der Waals surface area contributed by atoms with Gasteiger partial charge in [0, 0.05) is 44.4 Å². The molecule has 0 aromatic heterocycles. The fourth-order valence-electron chi connectivity index (χ4n) is 4.28. The maximum atomic E-state index is 6.37. The Morgan fingerprint density at radius 2 is 1.90 bits per heavy atom. The Balaban J connectivity index is 1.16. The van der Waals surface area contributed by atoms with Crippen molar-refractivity contribution >= 4 is 40.8 Å². The molecule has 2 aromatic rings. The average molecular weight is 461 g/mol. The molecule has 2 aliphatic rings. The highest BCUT2D eigenvalue weighted by molar-refractivity contribution is 6.43. The number of benzene rings is 2. The van der Waals surface area contributed by atoms with Gasteiger partial charge in [-0.15, -0.1) is 0 Å². The van der Waals surface area contributed by atoms with Crippen LogP contribution in [0.4, 0.5) is 11.4 Å². The highest BCUT2D eigenvalue weighted by Crippen LogP contribution is 2.35. The molecule has 0 radical (unpaired) electrons. The van der Waals surface area contributed by atoms with Crippen LogP contribution in [0.1, 0.15) is 30.7 Å². The lowest BCUT2D eigenvalue weighted by Gasteiger charge is -2.36. The topological polar surface area (TPSA) is 54.1 Å². The second kappa shape index (κ2) is 10.7. The van der Waals surface area contributed by atoms with Crippen LogP contribution in [0, 0.1) is 0 Å². The smallest absolute Gasteiger partial charge is 0.121 e. The summed E-state index contributed by atoms with van der Waals surface area (Å²) in [6.07, 6.45) is 5.04. The number of anilines is 1. The molecule has 31 heavy (non-hydrogen) atoms. The Bertz CT molecular complexity index is 912. The summed E-state index contributed by atoms with van der Waals surface area (Å²) >= 11 is 12.5. The maximum Gasteiger partial charge on any atom is 0.121 e. The van der Waals surface area contributed by atoms with Gasteiger partial charge in [0.25, 0.3) is 0 Å². The molecule has 1 saturated heterocycles. The van der Waals surface area contributed by atoms with Crippen LogP contribution in [0.15, 0.2) is 41.4 Å². The minimum absolute atomic E-state index is 0.372. The molecule has 5 nitrogen and oxygen atoms in total. The summed E-state index contributed by atoms with van der Waals surface area (Å²) in [5.74, 6) is 1.26. The fourth-order valence-corrected chi connectivity index (χ4v) is 4.69. The molecule has 2 aromatic carbocycles. The van der Waals surface area contributed by atoms with E-state index in [0.29, 0.717) is 22.5 Å².